The molecule has 0 radical (unpaired) electrons. The van der Waals surface area contributed by atoms with E-state index in [1.807, 2.05) is 55.5 Å². The van der Waals surface area contributed by atoms with Gasteiger partial charge in [-0.15, -0.1) is 0 Å². The number of hydrogen-bond acceptors (Lipinski definition) is 6. The molecule has 0 aliphatic rings. The summed E-state index contributed by atoms with van der Waals surface area (Å²) < 4.78 is 32.2. The van der Waals surface area contributed by atoms with Crippen LogP contribution in [0.25, 0.3) is 10.9 Å². The van der Waals surface area contributed by atoms with E-state index in [4.69, 9.17) is 4.74 Å². The van der Waals surface area contributed by atoms with Crippen LogP contribution in [0.1, 0.15) is 28.5 Å². The van der Waals surface area contributed by atoms with Crippen LogP contribution in [-0.4, -0.2) is 67.8 Å². The fourth-order valence-corrected chi connectivity index (χ4v) is 5.02. The molecule has 1 heterocycles. The average Bonchev–Trinajstić information content (AvgIpc) is 3.28. The van der Waals surface area contributed by atoms with Crippen LogP contribution in [0.2, 0.25) is 0 Å². The van der Waals surface area contributed by atoms with E-state index in [-0.39, 0.29) is 18.3 Å². The molecule has 2 unspecified atom stereocenters. The van der Waals surface area contributed by atoms with Crippen molar-refractivity contribution in [2.75, 3.05) is 30.8 Å². The van der Waals surface area contributed by atoms with Gasteiger partial charge < -0.3 is 24.8 Å². The minimum absolute atomic E-state index is 0.0773. The summed E-state index contributed by atoms with van der Waals surface area (Å²) in [5.74, 6) is -0.306. The molecule has 4 aromatic rings. The highest BCUT2D eigenvalue weighted by Gasteiger charge is 2.17. The summed E-state index contributed by atoms with van der Waals surface area (Å²) in [6.45, 7) is 2.94. The molecule has 212 valence electrons. The zero-order valence-corrected chi connectivity index (χ0v) is 23.6. The number of carboxylic acid groups (broad SMARTS) is 1. The Hall–Kier alpha value is -3.86. The van der Waals surface area contributed by atoms with Gasteiger partial charge in [-0.2, -0.15) is 0 Å². The maximum absolute atomic E-state index is 12.1. The zero-order valence-electron chi connectivity index (χ0n) is 22.8. The number of benzene rings is 3. The second-order valence-electron chi connectivity index (χ2n) is 10.0. The average molecular weight is 566 g/mol. The standard InChI is InChI=1S/C30H35N3O6S/c1-21(31-18-26(34)20-39-27-7-5-4-6-8-27)15-23-11-14-28-24(16-23)17-29(30(35)36)33(28)19-22-9-12-25(13-10-22)32(2)40(3,37)38/h4-14,16-17,21,26,31,34H,15,18-20H2,1-3H3,(H,35,36). The Morgan fingerprint density at radius 2 is 1.70 bits per heavy atom. The maximum Gasteiger partial charge on any atom is 0.352 e. The van der Waals surface area contributed by atoms with Crippen LogP contribution in [0.3, 0.4) is 0 Å². The van der Waals surface area contributed by atoms with Crippen LogP contribution in [0, 0.1) is 0 Å². The van der Waals surface area contributed by atoms with Gasteiger partial charge in [-0.05, 0) is 66.9 Å². The Morgan fingerprint density at radius 1 is 1.02 bits per heavy atom. The van der Waals surface area contributed by atoms with E-state index in [2.05, 4.69) is 5.32 Å². The smallest absolute Gasteiger partial charge is 0.352 e. The van der Waals surface area contributed by atoms with Gasteiger partial charge in [-0.1, -0.05) is 36.4 Å². The third-order valence-electron chi connectivity index (χ3n) is 6.75. The van der Waals surface area contributed by atoms with Gasteiger partial charge in [-0.3, -0.25) is 4.31 Å². The number of para-hydroxylation sites is 1. The monoisotopic (exact) mass is 565 g/mol. The van der Waals surface area contributed by atoms with E-state index in [0.29, 0.717) is 30.9 Å². The number of sulfonamides is 1. The van der Waals surface area contributed by atoms with Gasteiger partial charge in [0.25, 0.3) is 0 Å². The summed E-state index contributed by atoms with van der Waals surface area (Å²) in [4.78, 5) is 12.1. The normalized spacial score (nSPS) is 13.2. The van der Waals surface area contributed by atoms with Gasteiger partial charge in [0.2, 0.25) is 10.0 Å². The van der Waals surface area contributed by atoms with Gasteiger partial charge in [0.15, 0.2) is 0 Å². The molecular weight excluding hydrogens is 530 g/mol. The third kappa shape index (κ3) is 7.41. The van der Waals surface area contributed by atoms with Crippen LogP contribution >= 0.6 is 0 Å². The van der Waals surface area contributed by atoms with Crippen molar-refractivity contribution < 1.29 is 28.2 Å². The van der Waals surface area contributed by atoms with Crippen LogP contribution in [0.5, 0.6) is 5.75 Å². The van der Waals surface area contributed by atoms with E-state index in [1.54, 1.807) is 34.9 Å². The Morgan fingerprint density at radius 3 is 2.35 bits per heavy atom. The van der Waals surface area contributed by atoms with Crippen molar-refractivity contribution in [2.24, 2.45) is 0 Å². The summed E-state index contributed by atoms with van der Waals surface area (Å²) in [5, 5.41) is 24.3. The van der Waals surface area contributed by atoms with Crippen molar-refractivity contribution >= 4 is 32.6 Å². The number of carbonyl (C=O) groups is 1. The predicted molar refractivity (Wildman–Crippen MR) is 157 cm³/mol. The van der Waals surface area contributed by atoms with Gasteiger partial charge >= 0.3 is 5.97 Å². The van der Waals surface area contributed by atoms with E-state index in [9.17, 15) is 23.4 Å². The number of aromatic carboxylic acids is 1. The number of hydrogen-bond donors (Lipinski definition) is 3. The first-order chi connectivity index (χ1) is 19.0. The van der Waals surface area contributed by atoms with Gasteiger partial charge in [-0.25, -0.2) is 13.2 Å². The van der Waals surface area contributed by atoms with Gasteiger partial charge in [0.1, 0.15) is 24.2 Å². The first-order valence-electron chi connectivity index (χ1n) is 13.0. The highest BCUT2D eigenvalue weighted by atomic mass is 32.2. The number of ether oxygens (including phenoxy) is 1. The molecule has 0 saturated carbocycles. The van der Waals surface area contributed by atoms with E-state index < -0.39 is 22.1 Å². The molecule has 0 aliphatic carbocycles. The van der Waals surface area contributed by atoms with Crippen LogP contribution < -0.4 is 14.4 Å². The molecule has 0 fully saturated rings. The van der Waals surface area contributed by atoms with E-state index >= 15 is 0 Å². The zero-order chi connectivity index (χ0) is 28.9. The van der Waals surface area contributed by atoms with Gasteiger partial charge in [0, 0.05) is 37.1 Å². The Bertz CT molecular complexity index is 1550. The topological polar surface area (TPSA) is 121 Å². The number of nitrogens with one attached hydrogen (secondary N) is 1. The summed E-state index contributed by atoms with van der Waals surface area (Å²) >= 11 is 0. The van der Waals surface area contributed by atoms with Crippen molar-refractivity contribution in [2.45, 2.75) is 32.0 Å². The number of fused-ring (bicyclic) bond motifs is 1. The molecule has 0 spiro atoms. The second kappa shape index (κ2) is 12.5. The van der Waals surface area contributed by atoms with Crippen LogP contribution in [0.4, 0.5) is 5.69 Å². The highest BCUT2D eigenvalue weighted by Crippen LogP contribution is 2.25. The molecule has 10 heteroatoms. The summed E-state index contributed by atoms with van der Waals surface area (Å²) in [5.41, 5.74) is 3.41. The lowest BCUT2D eigenvalue weighted by Gasteiger charge is -2.18. The van der Waals surface area contributed by atoms with Crippen molar-refractivity contribution in [1.82, 2.24) is 9.88 Å². The number of nitrogens with zero attached hydrogens (tertiary/aromatic N) is 2. The number of aromatic nitrogens is 1. The van der Waals surface area contributed by atoms with Crippen molar-refractivity contribution in [1.29, 1.82) is 0 Å². The molecule has 3 N–H and O–H groups in total. The molecule has 9 nitrogen and oxygen atoms in total. The number of carboxylic acids is 1. The second-order valence-corrected chi connectivity index (χ2v) is 12.0. The Labute approximate surface area is 234 Å². The molecule has 0 aliphatic heterocycles. The summed E-state index contributed by atoms with van der Waals surface area (Å²) in [6, 6.07) is 24.0. The third-order valence-corrected chi connectivity index (χ3v) is 7.96. The molecule has 3 aromatic carbocycles. The molecule has 0 bridgehead atoms. The van der Waals surface area contributed by atoms with Gasteiger partial charge in [0.05, 0.1) is 11.9 Å². The number of rotatable bonds is 13. The van der Waals surface area contributed by atoms with E-state index in [0.717, 1.165) is 28.3 Å². The number of aliphatic hydroxyl groups excluding tert-OH is 1. The van der Waals surface area contributed by atoms with Crippen molar-refractivity contribution in [3.63, 3.8) is 0 Å². The first kappa shape index (κ1) is 29.1. The molecule has 1 aromatic heterocycles. The van der Waals surface area contributed by atoms with Crippen molar-refractivity contribution in [3.05, 3.63) is 95.7 Å². The quantitative estimate of drug-likeness (QED) is 0.226. The largest absolute Gasteiger partial charge is 0.491 e. The summed E-state index contributed by atoms with van der Waals surface area (Å²) in [7, 11) is -1.88. The minimum atomic E-state index is -3.37. The molecule has 0 amide bonds. The van der Waals surface area contributed by atoms with Crippen LogP contribution in [-0.2, 0) is 23.0 Å². The van der Waals surface area contributed by atoms with Crippen molar-refractivity contribution in [3.8, 4) is 5.75 Å². The fraction of sp³-hybridized carbons (Fsp3) is 0.300. The Kier molecular flexibility index (Phi) is 9.14. The molecule has 4 rings (SSSR count). The maximum atomic E-state index is 12.1. The lowest BCUT2D eigenvalue weighted by molar-refractivity contribution is 0.0686. The molecule has 0 saturated heterocycles. The fourth-order valence-electron chi connectivity index (χ4n) is 4.51. The molecule has 2 atom stereocenters. The molecule has 40 heavy (non-hydrogen) atoms. The minimum Gasteiger partial charge on any atom is -0.491 e. The Balaban J connectivity index is 1.41. The number of anilines is 1. The lowest BCUT2D eigenvalue weighted by atomic mass is 10.0. The molecular formula is C30H35N3O6S. The predicted octanol–water partition coefficient (Wildman–Crippen LogP) is 3.74. The summed E-state index contributed by atoms with van der Waals surface area (Å²) in [6.07, 6.45) is 1.19. The first-order valence-corrected chi connectivity index (χ1v) is 14.8. The lowest BCUT2D eigenvalue weighted by Crippen LogP contribution is -2.37. The number of aliphatic hydroxyl groups is 1. The van der Waals surface area contributed by atoms with Crippen LogP contribution in [0.15, 0.2) is 78.9 Å². The highest BCUT2D eigenvalue weighted by molar-refractivity contribution is 7.92. The SMILES string of the molecule is CC(Cc1ccc2c(c1)cc(C(=O)O)n2Cc1ccc(N(C)S(C)(=O)=O)cc1)NCC(O)COc1ccccc1. The van der Waals surface area contributed by atoms with E-state index in [1.165, 1.54) is 11.4 Å².